The summed E-state index contributed by atoms with van der Waals surface area (Å²) in [4.78, 5) is 31.4. The number of piperidine rings is 1. The number of hydrogen-bond acceptors (Lipinski definition) is 4. The van der Waals surface area contributed by atoms with E-state index < -0.39 is 5.60 Å². The minimum absolute atomic E-state index is 0.0117. The standard InChI is InChI=1S/C21H19N3O3/c25-19(12-24-14-22-17-8-3-4-9-18(17)24)23-11-5-10-21(13-23)16-7-2-1-6-15(16)20(26)27-21/h1-4,6-9,14H,5,10-13H2. The number of ether oxygens (including phenoxy) is 1. The zero-order valence-electron chi connectivity index (χ0n) is 14.8. The van der Waals surface area contributed by atoms with E-state index in [2.05, 4.69) is 4.98 Å². The van der Waals surface area contributed by atoms with Crippen LogP contribution in [0.4, 0.5) is 0 Å². The van der Waals surface area contributed by atoms with Crippen molar-refractivity contribution in [2.45, 2.75) is 25.0 Å². The summed E-state index contributed by atoms with van der Waals surface area (Å²) in [5.41, 5.74) is 2.63. The van der Waals surface area contributed by atoms with Gasteiger partial charge in [-0.25, -0.2) is 9.78 Å². The molecule has 2 aromatic carbocycles. The number of fused-ring (bicyclic) bond motifs is 3. The van der Waals surface area contributed by atoms with Crippen LogP contribution in [0, 0.1) is 0 Å². The lowest BCUT2D eigenvalue weighted by atomic mass is 9.85. The summed E-state index contributed by atoms with van der Waals surface area (Å²) in [5.74, 6) is -0.279. The van der Waals surface area contributed by atoms with E-state index in [1.54, 1.807) is 12.4 Å². The lowest BCUT2D eigenvalue weighted by Crippen LogP contribution is -2.49. The summed E-state index contributed by atoms with van der Waals surface area (Å²) in [6, 6.07) is 15.3. The molecular formula is C21H19N3O3. The first kappa shape index (κ1) is 16.1. The van der Waals surface area contributed by atoms with Crippen LogP contribution in [0.3, 0.4) is 0 Å². The molecule has 1 saturated heterocycles. The third-order valence-corrected chi connectivity index (χ3v) is 5.57. The Morgan fingerprint density at radius 3 is 2.89 bits per heavy atom. The van der Waals surface area contributed by atoms with Gasteiger partial charge in [0.1, 0.15) is 6.54 Å². The lowest BCUT2D eigenvalue weighted by molar-refractivity contribution is -0.139. The lowest BCUT2D eigenvalue weighted by Gasteiger charge is -2.39. The number of aromatic nitrogens is 2. The highest BCUT2D eigenvalue weighted by Crippen LogP contribution is 2.42. The smallest absolute Gasteiger partial charge is 0.339 e. The second kappa shape index (κ2) is 5.94. The molecule has 6 heteroatoms. The van der Waals surface area contributed by atoms with Crippen LogP contribution in [-0.4, -0.2) is 39.4 Å². The van der Waals surface area contributed by atoms with Crippen molar-refractivity contribution in [3.05, 3.63) is 66.0 Å². The molecule has 27 heavy (non-hydrogen) atoms. The molecule has 1 amide bonds. The highest BCUT2D eigenvalue weighted by molar-refractivity contribution is 5.95. The van der Waals surface area contributed by atoms with Crippen molar-refractivity contribution in [1.29, 1.82) is 0 Å². The van der Waals surface area contributed by atoms with Gasteiger partial charge in [0, 0.05) is 12.1 Å². The molecule has 2 aliphatic heterocycles. The van der Waals surface area contributed by atoms with Crippen molar-refractivity contribution in [3.8, 4) is 0 Å². The second-order valence-electron chi connectivity index (χ2n) is 7.21. The molecule has 0 aliphatic carbocycles. The minimum atomic E-state index is -0.710. The maximum atomic E-state index is 13.0. The molecular weight excluding hydrogens is 342 g/mol. The van der Waals surface area contributed by atoms with E-state index in [4.69, 9.17) is 4.74 Å². The maximum absolute atomic E-state index is 13.0. The molecule has 3 heterocycles. The zero-order valence-corrected chi connectivity index (χ0v) is 14.8. The summed E-state index contributed by atoms with van der Waals surface area (Å²) in [7, 11) is 0. The van der Waals surface area contributed by atoms with E-state index >= 15 is 0 Å². The molecule has 1 unspecified atom stereocenters. The molecule has 5 rings (SSSR count). The van der Waals surface area contributed by atoms with Crippen molar-refractivity contribution >= 4 is 22.9 Å². The van der Waals surface area contributed by atoms with Crippen LogP contribution in [0.25, 0.3) is 11.0 Å². The number of nitrogens with zero attached hydrogens (tertiary/aromatic N) is 3. The molecule has 136 valence electrons. The number of benzene rings is 2. The topological polar surface area (TPSA) is 64.4 Å². The summed E-state index contributed by atoms with van der Waals surface area (Å²) in [5, 5.41) is 0. The minimum Gasteiger partial charge on any atom is -0.449 e. The van der Waals surface area contributed by atoms with Crippen molar-refractivity contribution in [2.24, 2.45) is 0 Å². The van der Waals surface area contributed by atoms with Crippen LogP contribution < -0.4 is 0 Å². The Morgan fingerprint density at radius 1 is 1.15 bits per heavy atom. The average molecular weight is 361 g/mol. The first-order valence-electron chi connectivity index (χ1n) is 9.17. The van der Waals surface area contributed by atoms with Gasteiger partial charge >= 0.3 is 5.97 Å². The van der Waals surface area contributed by atoms with Gasteiger partial charge in [0.25, 0.3) is 0 Å². The highest BCUT2D eigenvalue weighted by atomic mass is 16.6. The molecule has 6 nitrogen and oxygen atoms in total. The number of esters is 1. The molecule has 3 aromatic rings. The van der Waals surface area contributed by atoms with Crippen LogP contribution in [0.2, 0.25) is 0 Å². The predicted molar refractivity (Wildman–Crippen MR) is 99.1 cm³/mol. The fourth-order valence-corrected chi connectivity index (χ4v) is 4.27. The summed E-state index contributed by atoms with van der Waals surface area (Å²) in [6.07, 6.45) is 3.25. The largest absolute Gasteiger partial charge is 0.449 e. The monoisotopic (exact) mass is 361 g/mol. The number of imidazole rings is 1. The average Bonchev–Trinajstić information content (AvgIpc) is 3.22. The molecule has 1 aromatic heterocycles. The Bertz CT molecular complexity index is 1060. The van der Waals surface area contributed by atoms with Gasteiger partial charge in [-0.1, -0.05) is 30.3 Å². The van der Waals surface area contributed by atoms with E-state index in [0.717, 1.165) is 29.4 Å². The normalized spacial score (nSPS) is 21.5. The van der Waals surface area contributed by atoms with Crippen LogP contribution in [0.1, 0.15) is 28.8 Å². The van der Waals surface area contributed by atoms with Gasteiger partial charge in [0.05, 0.1) is 29.5 Å². The molecule has 0 saturated carbocycles. The number of rotatable bonds is 2. The summed E-state index contributed by atoms with van der Waals surface area (Å²) >= 11 is 0. The number of amides is 1. The van der Waals surface area contributed by atoms with Crippen LogP contribution in [-0.2, 0) is 21.7 Å². The van der Waals surface area contributed by atoms with Gasteiger partial charge in [-0.15, -0.1) is 0 Å². The fraction of sp³-hybridized carbons (Fsp3) is 0.286. The molecule has 2 aliphatic rings. The Morgan fingerprint density at radius 2 is 1.96 bits per heavy atom. The zero-order chi connectivity index (χ0) is 18.4. The number of likely N-dealkylation sites (tertiary alicyclic amines) is 1. The van der Waals surface area contributed by atoms with Gasteiger partial charge < -0.3 is 14.2 Å². The molecule has 0 radical (unpaired) electrons. The quantitative estimate of drug-likeness (QED) is 0.659. The van der Waals surface area contributed by atoms with Crippen molar-refractivity contribution in [2.75, 3.05) is 13.1 Å². The van der Waals surface area contributed by atoms with E-state index in [-0.39, 0.29) is 18.4 Å². The SMILES string of the molecule is O=C1OC2(CCCN(C(=O)Cn3cnc4ccccc43)C2)c2ccccc21. The van der Waals surface area contributed by atoms with Crippen molar-refractivity contribution < 1.29 is 14.3 Å². The molecule has 1 atom stereocenters. The first-order chi connectivity index (χ1) is 13.2. The van der Waals surface area contributed by atoms with Gasteiger partial charge in [-0.05, 0) is 31.0 Å². The number of hydrogen-bond donors (Lipinski definition) is 0. The van der Waals surface area contributed by atoms with Crippen LogP contribution in [0.5, 0.6) is 0 Å². The van der Waals surface area contributed by atoms with E-state index in [1.165, 1.54) is 0 Å². The number of para-hydroxylation sites is 2. The van der Waals surface area contributed by atoms with Gasteiger partial charge in [-0.3, -0.25) is 4.79 Å². The summed E-state index contributed by atoms with van der Waals surface area (Å²) in [6.45, 7) is 1.31. The van der Waals surface area contributed by atoms with Gasteiger partial charge in [-0.2, -0.15) is 0 Å². The Labute approximate surface area is 156 Å². The van der Waals surface area contributed by atoms with E-state index in [0.29, 0.717) is 18.7 Å². The summed E-state index contributed by atoms with van der Waals surface area (Å²) < 4.78 is 7.66. The Kier molecular flexibility index (Phi) is 3.53. The maximum Gasteiger partial charge on any atom is 0.339 e. The van der Waals surface area contributed by atoms with Gasteiger partial charge in [0.2, 0.25) is 5.91 Å². The van der Waals surface area contributed by atoms with Crippen LogP contribution >= 0.6 is 0 Å². The Hall–Kier alpha value is -3.15. The number of carbonyl (C=O) groups excluding carboxylic acids is 2. The molecule has 0 N–H and O–H groups in total. The number of carbonyl (C=O) groups is 2. The highest BCUT2D eigenvalue weighted by Gasteiger charge is 2.48. The van der Waals surface area contributed by atoms with Crippen molar-refractivity contribution in [1.82, 2.24) is 14.5 Å². The molecule has 0 bridgehead atoms. The van der Waals surface area contributed by atoms with E-state index in [9.17, 15) is 9.59 Å². The first-order valence-corrected chi connectivity index (χ1v) is 9.17. The molecule has 1 fully saturated rings. The predicted octanol–water partition coefficient (Wildman–Crippen LogP) is 2.72. The molecule has 1 spiro atoms. The fourth-order valence-electron chi connectivity index (χ4n) is 4.27. The third kappa shape index (κ3) is 2.51. The second-order valence-corrected chi connectivity index (χ2v) is 7.21. The Balaban J connectivity index is 1.40. The van der Waals surface area contributed by atoms with E-state index in [1.807, 2.05) is 51.9 Å². The third-order valence-electron chi connectivity index (χ3n) is 5.57. The van der Waals surface area contributed by atoms with Crippen molar-refractivity contribution in [3.63, 3.8) is 0 Å². The van der Waals surface area contributed by atoms with Crippen LogP contribution in [0.15, 0.2) is 54.9 Å². The van der Waals surface area contributed by atoms with Gasteiger partial charge in [0.15, 0.2) is 5.60 Å².